The summed E-state index contributed by atoms with van der Waals surface area (Å²) in [5.74, 6) is 4.96. The van der Waals surface area contributed by atoms with Crippen LogP contribution in [-0.4, -0.2) is 15.2 Å². The maximum atomic E-state index is 12.3. The molecule has 1 aromatic heterocycles. The number of hydrogen-bond donors (Lipinski definition) is 2. The Morgan fingerprint density at radius 2 is 1.02 bits per heavy atom. The van der Waals surface area contributed by atoms with Gasteiger partial charge in [-0.25, -0.2) is 4.98 Å². The van der Waals surface area contributed by atoms with Crippen LogP contribution in [0.1, 0.15) is 128 Å². The van der Waals surface area contributed by atoms with Gasteiger partial charge in [0.25, 0.3) is 0 Å². The van der Waals surface area contributed by atoms with E-state index in [1.165, 1.54) is 51.4 Å². The second kappa shape index (κ2) is 12.2. The van der Waals surface area contributed by atoms with Gasteiger partial charge in [0.2, 0.25) is 0 Å². The molecule has 1 heterocycles. The van der Waals surface area contributed by atoms with Crippen LogP contribution in [0.4, 0.5) is 0 Å². The summed E-state index contributed by atoms with van der Waals surface area (Å²) < 4.78 is 1.10. The monoisotopic (exact) mass is 599 g/mol. The summed E-state index contributed by atoms with van der Waals surface area (Å²) in [6.45, 7) is 4.81. The summed E-state index contributed by atoms with van der Waals surface area (Å²) in [7, 11) is 0. The molecule has 0 amide bonds. The highest BCUT2D eigenvalue weighted by Crippen LogP contribution is 2.52. The van der Waals surface area contributed by atoms with Crippen LogP contribution in [-0.2, 0) is 11.2 Å². The molecule has 232 valence electrons. The third-order valence-corrected chi connectivity index (χ3v) is 13.9. The van der Waals surface area contributed by atoms with E-state index < -0.39 is 11.2 Å². The minimum absolute atomic E-state index is 0.751. The van der Waals surface area contributed by atoms with Crippen LogP contribution in [0.5, 0.6) is 0 Å². The van der Waals surface area contributed by atoms with Crippen molar-refractivity contribution in [1.82, 2.24) is 4.98 Å². The Labute approximate surface area is 263 Å². The van der Waals surface area contributed by atoms with Crippen molar-refractivity contribution in [2.24, 2.45) is 35.5 Å². The second-order valence-corrected chi connectivity index (χ2v) is 16.5. The van der Waals surface area contributed by atoms with Gasteiger partial charge in [0.1, 0.15) is 5.01 Å². The van der Waals surface area contributed by atoms with Crippen LogP contribution in [0.2, 0.25) is 0 Å². The Morgan fingerprint density at radius 1 is 0.581 bits per heavy atom. The van der Waals surface area contributed by atoms with Crippen molar-refractivity contribution < 1.29 is 10.2 Å². The highest BCUT2D eigenvalue weighted by molar-refractivity contribution is 7.21. The Kier molecular flexibility index (Phi) is 8.50. The van der Waals surface area contributed by atoms with Crippen molar-refractivity contribution in [2.45, 2.75) is 128 Å². The molecule has 3 aromatic rings. The van der Waals surface area contributed by atoms with Crippen LogP contribution in [0.3, 0.4) is 0 Å². The lowest BCUT2D eigenvalue weighted by Crippen LogP contribution is -2.36. The van der Waals surface area contributed by atoms with Gasteiger partial charge in [-0.05, 0) is 113 Å². The van der Waals surface area contributed by atoms with Crippen molar-refractivity contribution >= 4 is 21.6 Å². The summed E-state index contributed by atoms with van der Waals surface area (Å²) >= 11 is 1.72. The molecule has 0 unspecified atom stereocenters. The lowest BCUT2D eigenvalue weighted by Gasteiger charge is -2.42. The maximum absolute atomic E-state index is 12.3. The molecule has 2 aromatic carbocycles. The minimum Gasteiger partial charge on any atom is -0.385 e. The maximum Gasteiger partial charge on any atom is 0.124 e. The topological polar surface area (TPSA) is 53.4 Å². The smallest absolute Gasteiger partial charge is 0.124 e. The molecule has 0 saturated heterocycles. The largest absolute Gasteiger partial charge is 0.385 e. The van der Waals surface area contributed by atoms with Gasteiger partial charge in [0, 0.05) is 16.7 Å². The van der Waals surface area contributed by atoms with E-state index in [0.717, 1.165) is 119 Å². The van der Waals surface area contributed by atoms with Gasteiger partial charge in [-0.15, -0.1) is 11.3 Å². The van der Waals surface area contributed by atoms with Gasteiger partial charge in [0.15, 0.2) is 0 Å². The first-order valence-electron chi connectivity index (χ1n) is 17.8. The van der Waals surface area contributed by atoms with Gasteiger partial charge in [0.05, 0.1) is 21.4 Å². The molecular formula is C39H53NO2S. The third kappa shape index (κ3) is 5.98. The van der Waals surface area contributed by atoms with E-state index >= 15 is 0 Å². The summed E-state index contributed by atoms with van der Waals surface area (Å²) in [5.41, 5.74) is 2.45. The van der Waals surface area contributed by atoms with Gasteiger partial charge in [-0.3, -0.25) is 0 Å². The van der Waals surface area contributed by atoms with E-state index in [-0.39, 0.29) is 0 Å². The third-order valence-electron chi connectivity index (χ3n) is 12.7. The predicted octanol–water partition coefficient (Wildman–Crippen LogP) is 10.4. The summed E-state index contributed by atoms with van der Waals surface area (Å²) in [5, 5.41) is 25.5. The SMILES string of the molecule is CC1CCC(C2CCC(O)(c3ccc(C4(O)CCC(C5CCC(C)CC5)CC4)c4sc(-c5ccccc5)nc34)CC2)CC1. The van der Waals surface area contributed by atoms with Gasteiger partial charge in [-0.2, -0.15) is 0 Å². The average Bonchev–Trinajstić information content (AvgIpc) is 3.48. The Bertz CT molecular complexity index is 1280. The second-order valence-electron chi connectivity index (χ2n) is 15.5. The molecule has 4 fully saturated rings. The quantitative estimate of drug-likeness (QED) is 0.307. The number of fused-ring (bicyclic) bond motifs is 1. The van der Waals surface area contributed by atoms with Gasteiger partial charge < -0.3 is 10.2 Å². The standard InChI is InChI=1S/C39H53NO2S/c1-26-8-12-28(13-9-26)30-18-22-38(41,23-19-30)33-16-17-34(36-35(33)40-37(43-36)32-6-4-3-5-7-32)39(42)24-20-31(21-25-39)29-14-10-27(2)11-15-29/h3-7,16-17,26-31,41-42H,8-15,18-25H2,1-2H3. The van der Waals surface area contributed by atoms with E-state index in [1.807, 2.05) is 0 Å². The van der Waals surface area contributed by atoms with Crippen molar-refractivity contribution in [3.8, 4) is 10.6 Å². The molecule has 0 aliphatic heterocycles. The Hall–Kier alpha value is -1.75. The number of nitrogens with zero attached hydrogens (tertiary/aromatic N) is 1. The van der Waals surface area contributed by atoms with Crippen LogP contribution >= 0.6 is 11.3 Å². The number of aromatic nitrogens is 1. The molecular weight excluding hydrogens is 547 g/mol. The van der Waals surface area contributed by atoms with Crippen molar-refractivity contribution in [3.63, 3.8) is 0 Å². The van der Waals surface area contributed by atoms with Crippen molar-refractivity contribution in [2.75, 3.05) is 0 Å². The van der Waals surface area contributed by atoms with E-state index in [0.29, 0.717) is 0 Å². The highest BCUT2D eigenvalue weighted by atomic mass is 32.1. The molecule has 3 nitrogen and oxygen atoms in total. The molecule has 0 radical (unpaired) electrons. The normalized spacial score (nSPS) is 37.4. The fourth-order valence-corrected chi connectivity index (χ4v) is 10.9. The lowest BCUT2D eigenvalue weighted by molar-refractivity contribution is -0.0270. The molecule has 0 atom stereocenters. The molecule has 4 aliphatic rings. The van der Waals surface area contributed by atoms with Crippen molar-refractivity contribution in [3.05, 3.63) is 53.6 Å². The zero-order valence-electron chi connectivity index (χ0n) is 26.6. The minimum atomic E-state index is -0.838. The number of rotatable bonds is 5. The molecule has 7 rings (SSSR count). The first kappa shape index (κ1) is 29.9. The van der Waals surface area contributed by atoms with E-state index in [2.05, 4.69) is 56.3 Å². The summed E-state index contributed by atoms with van der Waals surface area (Å²) in [6, 6.07) is 14.8. The molecule has 4 aliphatic carbocycles. The van der Waals surface area contributed by atoms with E-state index in [9.17, 15) is 10.2 Å². The zero-order chi connectivity index (χ0) is 29.6. The van der Waals surface area contributed by atoms with Crippen LogP contribution < -0.4 is 0 Å². The zero-order valence-corrected chi connectivity index (χ0v) is 27.4. The molecule has 0 bridgehead atoms. The average molecular weight is 600 g/mol. The summed E-state index contributed by atoms with van der Waals surface area (Å²) in [4.78, 5) is 5.25. The first-order valence-corrected chi connectivity index (χ1v) is 18.6. The number of thiazole rings is 1. The molecule has 4 saturated carbocycles. The number of benzene rings is 2. The Balaban J connectivity index is 1.17. The molecule has 0 spiro atoms. The summed E-state index contributed by atoms with van der Waals surface area (Å²) in [6.07, 6.45) is 18.8. The van der Waals surface area contributed by atoms with Crippen LogP contribution in [0, 0.1) is 35.5 Å². The molecule has 2 N–H and O–H groups in total. The van der Waals surface area contributed by atoms with E-state index in [1.54, 1.807) is 11.3 Å². The predicted molar refractivity (Wildman–Crippen MR) is 179 cm³/mol. The number of hydrogen-bond acceptors (Lipinski definition) is 4. The van der Waals surface area contributed by atoms with Crippen LogP contribution in [0.25, 0.3) is 20.8 Å². The molecule has 43 heavy (non-hydrogen) atoms. The fourth-order valence-electron chi connectivity index (χ4n) is 9.68. The van der Waals surface area contributed by atoms with E-state index in [4.69, 9.17) is 4.98 Å². The fraction of sp³-hybridized carbons (Fsp3) is 0.667. The Morgan fingerprint density at radius 3 is 1.53 bits per heavy atom. The van der Waals surface area contributed by atoms with Gasteiger partial charge in [-0.1, -0.05) is 82.0 Å². The molecule has 4 heteroatoms. The van der Waals surface area contributed by atoms with Crippen LogP contribution in [0.15, 0.2) is 42.5 Å². The highest BCUT2D eigenvalue weighted by Gasteiger charge is 2.43. The number of aliphatic hydroxyl groups is 2. The van der Waals surface area contributed by atoms with Crippen molar-refractivity contribution in [1.29, 1.82) is 0 Å². The first-order chi connectivity index (χ1) is 20.8. The van der Waals surface area contributed by atoms with Gasteiger partial charge >= 0.3 is 0 Å². The lowest BCUT2D eigenvalue weighted by atomic mass is 9.66.